The molecule has 0 bridgehead atoms. The summed E-state index contributed by atoms with van der Waals surface area (Å²) in [4.78, 5) is 0.216. The van der Waals surface area contributed by atoms with Crippen LogP contribution in [0.5, 0.6) is 0 Å². The van der Waals surface area contributed by atoms with E-state index in [0.29, 0.717) is 17.3 Å². The zero-order valence-corrected chi connectivity index (χ0v) is 13.4. The van der Waals surface area contributed by atoms with E-state index in [1.165, 1.54) is 13.1 Å². The minimum Gasteiger partial charge on any atom is -0.397 e. The Bertz CT molecular complexity index is 541. The van der Waals surface area contributed by atoms with Crippen molar-refractivity contribution in [2.75, 3.05) is 18.1 Å². The molecule has 0 saturated heterocycles. The largest absolute Gasteiger partial charge is 0.397 e. The van der Waals surface area contributed by atoms with Gasteiger partial charge in [0.05, 0.1) is 16.3 Å². The van der Waals surface area contributed by atoms with E-state index in [1.807, 2.05) is 0 Å². The third-order valence-electron chi connectivity index (χ3n) is 3.18. The van der Waals surface area contributed by atoms with Crippen molar-refractivity contribution in [1.29, 1.82) is 0 Å². The van der Waals surface area contributed by atoms with Gasteiger partial charge < -0.3 is 11.1 Å². The first-order valence-corrected chi connectivity index (χ1v) is 8.34. The van der Waals surface area contributed by atoms with E-state index < -0.39 is 10.0 Å². The van der Waals surface area contributed by atoms with Crippen LogP contribution >= 0.6 is 0 Å². The summed E-state index contributed by atoms with van der Waals surface area (Å²) in [6, 6.07) is 4.94. The fourth-order valence-corrected chi connectivity index (χ4v) is 2.62. The van der Waals surface area contributed by atoms with E-state index in [0.717, 1.165) is 12.8 Å². The van der Waals surface area contributed by atoms with E-state index in [2.05, 4.69) is 30.8 Å². The van der Waals surface area contributed by atoms with Crippen molar-refractivity contribution in [3.05, 3.63) is 18.2 Å². The average molecular weight is 299 g/mol. The Morgan fingerprint density at radius 2 is 1.85 bits per heavy atom. The van der Waals surface area contributed by atoms with E-state index in [4.69, 9.17) is 5.73 Å². The standard InChI is InChI=1S/C14H25N3O2S/c1-10(2)5-6-11(3)17-14-9-12(7-8-13(14)15)20(18,19)16-4/h7-11,16-17H,5-6,15H2,1-4H3. The van der Waals surface area contributed by atoms with Gasteiger partial charge >= 0.3 is 0 Å². The maximum Gasteiger partial charge on any atom is 0.240 e. The Labute approximate surface area is 122 Å². The molecule has 20 heavy (non-hydrogen) atoms. The van der Waals surface area contributed by atoms with Gasteiger partial charge in [0, 0.05) is 6.04 Å². The maximum atomic E-state index is 11.8. The van der Waals surface area contributed by atoms with Crippen LogP contribution in [-0.2, 0) is 10.0 Å². The molecule has 0 aromatic heterocycles. The molecule has 114 valence electrons. The Morgan fingerprint density at radius 3 is 2.40 bits per heavy atom. The molecule has 0 heterocycles. The van der Waals surface area contributed by atoms with Crippen LogP contribution in [0.1, 0.15) is 33.6 Å². The molecule has 1 aromatic carbocycles. The molecule has 1 atom stereocenters. The van der Waals surface area contributed by atoms with Crippen molar-refractivity contribution in [1.82, 2.24) is 4.72 Å². The van der Waals surface area contributed by atoms with E-state index in [9.17, 15) is 8.42 Å². The number of hydrogen-bond acceptors (Lipinski definition) is 4. The summed E-state index contributed by atoms with van der Waals surface area (Å²) in [5.74, 6) is 0.646. The number of nitrogens with two attached hydrogens (primary N) is 1. The Hall–Kier alpha value is -1.27. The second kappa shape index (κ2) is 6.95. The van der Waals surface area contributed by atoms with Crippen LogP contribution in [0.25, 0.3) is 0 Å². The molecule has 4 N–H and O–H groups in total. The Kier molecular flexibility index (Phi) is 5.83. The molecule has 0 aliphatic heterocycles. The summed E-state index contributed by atoms with van der Waals surface area (Å²) >= 11 is 0. The third kappa shape index (κ3) is 4.68. The van der Waals surface area contributed by atoms with Crippen LogP contribution < -0.4 is 15.8 Å². The monoisotopic (exact) mass is 299 g/mol. The summed E-state index contributed by atoms with van der Waals surface area (Å²) in [6.45, 7) is 6.43. The topological polar surface area (TPSA) is 84.2 Å². The van der Waals surface area contributed by atoms with Crippen LogP contribution in [0, 0.1) is 5.92 Å². The smallest absolute Gasteiger partial charge is 0.240 e. The number of benzene rings is 1. The van der Waals surface area contributed by atoms with Gasteiger partial charge in [-0.3, -0.25) is 0 Å². The summed E-state index contributed by atoms with van der Waals surface area (Å²) in [5.41, 5.74) is 7.12. The second-order valence-electron chi connectivity index (χ2n) is 5.47. The molecule has 0 saturated carbocycles. The molecule has 6 heteroatoms. The van der Waals surface area contributed by atoms with Gasteiger partial charge in [0.2, 0.25) is 10.0 Å². The second-order valence-corrected chi connectivity index (χ2v) is 7.36. The average Bonchev–Trinajstić information content (AvgIpc) is 2.38. The van der Waals surface area contributed by atoms with E-state index >= 15 is 0 Å². The number of anilines is 2. The van der Waals surface area contributed by atoms with Crippen molar-refractivity contribution >= 4 is 21.4 Å². The molecule has 1 aromatic rings. The number of nitrogens with one attached hydrogen (secondary N) is 2. The van der Waals surface area contributed by atoms with Gasteiger partial charge in [-0.15, -0.1) is 0 Å². The summed E-state index contributed by atoms with van der Waals surface area (Å²) in [7, 11) is -2.05. The first-order chi connectivity index (χ1) is 9.26. The van der Waals surface area contributed by atoms with Gasteiger partial charge in [0.25, 0.3) is 0 Å². The lowest BCUT2D eigenvalue weighted by molar-refractivity contribution is 0.528. The lowest BCUT2D eigenvalue weighted by Gasteiger charge is -2.18. The Balaban J connectivity index is 2.87. The zero-order valence-electron chi connectivity index (χ0n) is 12.6. The minimum absolute atomic E-state index is 0.216. The van der Waals surface area contributed by atoms with Crippen molar-refractivity contribution in [3.63, 3.8) is 0 Å². The molecule has 0 amide bonds. The molecule has 0 aliphatic carbocycles. The van der Waals surface area contributed by atoms with Gasteiger partial charge in [-0.25, -0.2) is 13.1 Å². The molecular weight excluding hydrogens is 274 g/mol. The van der Waals surface area contributed by atoms with Gasteiger partial charge in [0.1, 0.15) is 0 Å². The predicted molar refractivity (Wildman–Crippen MR) is 84.3 cm³/mol. The third-order valence-corrected chi connectivity index (χ3v) is 4.59. The van der Waals surface area contributed by atoms with E-state index in [1.54, 1.807) is 12.1 Å². The SMILES string of the molecule is CNS(=O)(=O)c1ccc(N)c(NC(C)CCC(C)C)c1. The summed E-state index contributed by atoms with van der Waals surface area (Å²) in [6.07, 6.45) is 2.13. The molecule has 1 unspecified atom stereocenters. The zero-order chi connectivity index (χ0) is 15.3. The molecule has 5 nitrogen and oxygen atoms in total. The highest BCUT2D eigenvalue weighted by Gasteiger charge is 2.14. The van der Waals surface area contributed by atoms with Gasteiger partial charge in [-0.05, 0) is 50.9 Å². The van der Waals surface area contributed by atoms with Gasteiger partial charge in [-0.2, -0.15) is 0 Å². The first-order valence-electron chi connectivity index (χ1n) is 6.86. The van der Waals surface area contributed by atoms with Crippen molar-refractivity contribution < 1.29 is 8.42 Å². The first kappa shape index (κ1) is 16.8. The van der Waals surface area contributed by atoms with Crippen LogP contribution in [0.4, 0.5) is 11.4 Å². The van der Waals surface area contributed by atoms with Crippen LogP contribution in [0.2, 0.25) is 0 Å². The lowest BCUT2D eigenvalue weighted by Crippen LogP contribution is -2.20. The van der Waals surface area contributed by atoms with Gasteiger partial charge in [0.15, 0.2) is 0 Å². The van der Waals surface area contributed by atoms with E-state index in [-0.39, 0.29) is 10.9 Å². The van der Waals surface area contributed by atoms with Crippen LogP contribution in [-0.4, -0.2) is 21.5 Å². The molecule has 0 aliphatic rings. The number of rotatable bonds is 7. The summed E-state index contributed by atoms with van der Waals surface area (Å²) < 4.78 is 25.9. The molecule has 1 rings (SSSR count). The van der Waals surface area contributed by atoms with Crippen LogP contribution in [0.3, 0.4) is 0 Å². The van der Waals surface area contributed by atoms with Crippen molar-refractivity contribution in [3.8, 4) is 0 Å². The molecule has 0 fully saturated rings. The summed E-state index contributed by atoms with van der Waals surface area (Å²) in [5, 5.41) is 3.28. The normalized spacial score (nSPS) is 13.4. The lowest BCUT2D eigenvalue weighted by atomic mass is 10.0. The number of nitrogen functional groups attached to an aromatic ring is 1. The number of sulfonamides is 1. The number of hydrogen-bond donors (Lipinski definition) is 3. The Morgan fingerprint density at radius 1 is 1.20 bits per heavy atom. The molecular formula is C14H25N3O2S. The van der Waals surface area contributed by atoms with Crippen LogP contribution in [0.15, 0.2) is 23.1 Å². The fourth-order valence-electron chi connectivity index (χ4n) is 1.87. The quantitative estimate of drug-likeness (QED) is 0.675. The van der Waals surface area contributed by atoms with Gasteiger partial charge in [-0.1, -0.05) is 13.8 Å². The highest BCUT2D eigenvalue weighted by Crippen LogP contribution is 2.24. The van der Waals surface area contributed by atoms with Crippen molar-refractivity contribution in [2.24, 2.45) is 5.92 Å². The highest BCUT2D eigenvalue weighted by atomic mass is 32.2. The molecule has 0 radical (unpaired) electrons. The maximum absolute atomic E-state index is 11.8. The van der Waals surface area contributed by atoms with Crippen molar-refractivity contribution in [2.45, 2.75) is 44.6 Å². The molecule has 0 spiro atoms. The predicted octanol–water partition coefficient (Wildman–Crippen LogP) is 2.41. The minimum atomic E-state index is -3.44. The highest BCUT2D eigenvalue weighted by molar-refractivity contribution is 7.89. The fraction of sp³-hybridized carbons (Fsp3) is 0.571.